The molecule has 4 bridgehead atoms. The fourth-order valence-corrected chi connectivity index (χ4v) is 8.21. The van der Waals surface area contributed by atoms with Crippen LogP contribution in [-0.4, -0.2) is 65.9 Å². The van der Waals surface area contributed by atoms with E-state index in [1.807, 2.05) is 38.1 Å². The summed E-state index contributed by atoms with van der Waals surface area (Å²) in [6, 6.07) is 6.89. The summed E-state index contributed by atoms with van der Waals surface area (Å²) in [5, 5.41) is 8.35. The molecular weight excluding hydrogens is 698 g/mol. The van der Waals surface area contributed by atoms with E-state index in [2.05, 4.69) is 36.2 Å². The third kappa shape index (κ3) is 6.91. The standard InChI is InChI=1S/C38H44BrN7O4/c1-23-12-13-33(39)42-36(23)43-37(49)30-18-38-14-10-8-6-4-5-7-9-11-15-50-31-17-29-28(16-27(31)26-20-40-25(3)41-21-26)35(24(2)47)44-45(29)22-34(48)46(30)32(38)19-38/h12-13,16-17,20-21,30,32H,4-11,14-15,18-19,22H2,1-3H3,(H,42,43,49)/t30-,32+,38-/m0/s1. The van der Waals surface area contributed by atoms with Gasteiger partial charge in [-0.15, -0.1) is 0 Å². The largest absolute Gasteiger partial charge is 0.493 e. The number of piperidine rings is 1. The number of aromatic nitrogens is 5. The molecule has 11 nitrogen and oxygen atoms in total. The quantitative estimate of drug-likeness (QED) is 0.169. The molecule has 2 fully saturated rings. The third-order valence-electron chi connectivity index (χ3n) is 10.7. The molecular formula is C38H44BrN7O4. The van der Waals surface area contributed by atoms with E-state index < -0.39 is 6.04 Å². The van der Waals surface area contributed by atoms with Gasteiger partial charge in [-0.25, -0.2) is 15.0 Å². The van der Waals surface area contributed by atoms with Crippen LogP contribution in [0.1, 0.15) is 99.4 Å². The second-order valence-corrected chi connectivity index (χ2v) is 15.1. The summed E-state index contributed by atoms with van der Waals surface area (Å²) >= 11 is 3.41. The number of nitrogens with one attached hydrogen (secondary N) is 1. The van der Waals surface area contributed by atoms with Gasteiger partial charge in [0.05, 0.1) is 12.1 Å². The summed E-state index contributed by atoms with van der Waals surface area (Å²) in [5.41, 5.74) is 3.23. The molecule has 1 saturated carbocycles. The molecule has 1 N–H and O–H groups in total. The SMILES string of the molecule is CC(=O)c1nn2c3cc(c(-c4cnc(C)nc4)cc13)OCCCCCCCCCC[C@@]13C[C@@H](C(=O)Nc4nc(Br)ccc4C)N(C(=O)C2)[C@@H]1C3. The van der Waals surface area contributed by atoms with E-state index in [1.54, 1.807) is 22.0 Å². The highest BCUT2D eigenvalue weighted by Gasteiger charge is 2.66. The van der Waals surface area contributed by atoms with Gasteiger partial charge in [-0.05, 0) is 78.6 Å². The number of hydrogen-bond acceptors (Lipinski definition) is 8. The molecule has 7 rings (SSSR count). The molecule has 3 atom stereocenters. The van der Waals surface area contributed by atoms with Crippen molar-refractivity contribution in [3.63, 3.8) is 0 Å². The van der Waals surface area contributed by atoms with Crippen LogP contribution in [0.15, 0.2) is 41.3 Å². The van der Waals surface area contributed by atoms with Crippen molar-refractivity contribution in [3.8, 4) is 16.9 Å². The van der Waals surface area contributed by atoms with Gasteiger partial charge in [-0.1, -0.05) is 51.0 Å². The number of aryl methyl sites for hydroxylation is 2. The van der Waals surface area contributed by atoms with Crippen LogP contribution in [0, 0.1) is 19.3 Å². The maximum absolute atomic E-state index is 14.4. The van der Waals surface area contributed by atoms with Crippen molar-refractivity contribution in [2.45, 2.75) is 110 Å². The molecule has 2 aliphatic heterocycles. The minimum absolute atomic E-state index is 0.00551. The minimum Gasteiger partial charge on any atom is -0.493 e. The zero-order valence-electron chi connectivity index (χ0n) is 29.0. The van der Waals surface area contributed by atoms with E-state index in [4.69, 9.17) is 9.84 Å². The predicted molar refractivity (Wildman–Crippen MR) is 194 cm³/mol. The second kappa shape index (κ2) is 14.2. The first kappa shape index (κ1) is 34.3. The van der Waals surface area contributed by atoms with Crippen molar-refractivity contribution in [3.05, 3.63) is 58.3 Å². The number of nitrogens with zero attached hydrogens (tertiary/aromatic N) is 6. The van der Waals surface area contributed by atoms with Crippen molar-refractivity contribution in [2.24, 2.45) is 5.41 Å². The third-order valence-corrected chi connectivity index (χ3v) is 11.1. The van der Waals surface area contributed by atoms with Crippen molar-refractivity contribution in [2.75, 3.05) is 11.9 Å². The zero-order chi connectivity index (χ0) is 35.0. The lowest BCUT2D eigenvalue weighted by Crippen LogP contribution is -2.47. The smallest absolute Gasteiger partial charge is 0.248 e. The highest BCUT2D eigenvalue weighted by atomic mass is 79.9. The second-order valence-electron chi connectivity index (χ2n) is 14.3. The molecule has 1 aromatic carbocycles. The normalized spacial score (nSPS) is 23.0. The number of carbonyl (C=O) groups excluding carboxylic acids is 3. The lowest BCUT2D eigenvalue weighted by Gasteiger charge is -2.27. The van der Waals surface area contributed by atoms with E-state index >= 15 is 0 Å². The fraction of sp³-hybridized carbons (Fsp3) is 0.500. The number of amides is 2. The van der Waals surface area contributed by atoms with Crippen LogP contribution in [0.5, 0.6) is 5.75 Å². The van der Waals surface area contributed by atoms with Crippen molar-refractivity contribution in [1.82, 2.24) is 29.6 Å². The molecule has 1 aliphatic carbocycles. The summed E-state index contributed by atoms with van der Waals surface area (Å²) in [5.74, 6) is 1.13. The Labute approximate surface area is 300 Å². The number of fused-ring (bicyclic) bond motifs is 1. The molecule has 1 saturated heterocycles. The van der Waals surface area contributed by atoms with Gasteiger partial charge in [0, 0.05) is 47.9 Å². The monoisotopic (exact) mass is 741 g/mol. The molecule has 0 radical (unpaired) electrons. The van der Waals surface area contributed by atoms with Crippen LogP contribution >= 0.6 is 15.9 Å². The lowest BCUT2D eigenvalue weighted by molar-refractivity contribution is -0.138. The predicted octanol–water partition coefficient (Wildman–Crippen LogP) is 7.37. The molecule has 12 heteroatoms. The first-order valence-corrected chi connectivity index (χ1v) is 18.7. The molecule has 4 aromatic rings. The average molecular weight is 743 g/mol. The number of hydrogen-bond donors (Lipinski definition) is 1. The van der Waals surface area contributed by atoms with Crippen LogP contribution in [0.3, 0.4) is 0 Å². The maximum Gasteiger partial charge on any atom is 0.248 e. The van der Waals surface area contributed by atoms with Crippen LogP contribution in [0.2, 0.25) is 0 Å². The van der Waals surface area contributed by atoms with Gasteiger partial charge in [0.25, 0.3) is 0 Å². The van der Waals surface area contributed by atoms with E-state index in [-0.39, 0.29) is 41.3 Å². The van der Waals surface area contributed by atoms with Crippen molar-refractivity contribution in [1.29, 1.82) is 0 Å². The zero-order valence-corrected chi connectivity index (χ0v) is 30.6. The highest BCUT2D eigenvalue weighted by molar-refractivity contribution is 9.10. The number of anilines is 1. The molecule has 0 unspecified atom stereocenters. The van der Waals surface area contributed by atoms with Crippen molar-refractivity contribution < 1.29 is 19.1 Å². The Bertz CT molecular complexity index is 1940. The van der Waals surface area contributed by atoms with Crippen LogP contribution in [0.4, 0.5) is 5.82 Å². The van der Waals surface area contributed by atoms with E-state index in [9.17, 15) is 14.4 Å². The van der Waals surface area contributed by atoms with Gasteiger partial charge in [-0.2, -0.15) is 5.10 Å². The molecule has 262 valence electrons. The van der Waals surface area contributed by atoms with E-state index in [1.165, 1.54) is 32.6 Å². The molecule has 5 heterocycles. The van der Waals surface area contributed by atoms with E-state index in [0.29, 0.717) is 45.9 Å². The Hall–Kier alpha value is -4.19. The Balaban J connectivity index is 1.26. The molecule has 0 spiro atoms. The minimum atomic E-state index is -0.628. The van der Waals surface area contributed by atoms with E-state index in [0.717, 1.165) is 55.2 Å². The van der Waals surface area contributed by atoms with Gasteiger partial charge >= 0.3 is 0 Å². The number of benzene rings is 1. The summed E-state index contributed by atoms with van der Waals surface area (Å²) in [4.78, 5) is 56.4. The Morgan fingerprint density at radius 2 is 1.70 bits per heavy atom. The average Bonchev–Trinajstić information content (AvgIpc) is 3.51. The molecule has 3 aliphatic rings. The summed E-state index contributed by atoms with van der Waals surface area (Å²) in [6.07, 6.45) is 15.1. The van der Waals surface area contributed by atoms with Crippen LogP contribution in [-0.2, 0) is 16.1 Å². The van der Waals surface area contributed by atoms with Gasteiger partial charge < -0.3 is 15.0 Å². The van der Waals surface area contributed by atoms with Crippen molar-refractivity contribution >= 4 is 50.2 Å². The van der Waals surface area contributed by atoms with Crippen LogP contribution in [0.25, 0.3) is 22.0 Å². The number of ketones is 1. The first-order chi connectivity index (χ1) is 24.1. The summed E-state index contributed by atoms with van der Waals surface area (Å²) in [6.45, 7) is 5.65. The number of carbonyl (C=O) groups is 3. The van der Waals surface area contributed by atoms with Gasteiger partial charge in [0.2, 0.25) is 11.8 Å². The lowest BCUT2D eigenvalue weighted by atomic mass is 9.92. The maximum atomic E-state index is 14.4. The Morgan fingerprint density at radius 1 is 0.980 bits per heavy atom. The highest BCUT2D eigenvalue weighted by Crippen LogP contribution is 2.62. The molecule has 2 amide bonds. The Morgan fingerprint density at radius 3 is 2.44 bits per heavy atom. The number of halogens is 1. The number of ether oxygens (including phenoxy) is 1. The number of Topliss-reactive ketones (excluding diaryl/α,β-unsaturated/α-hetero) is 1. The summed E-state index contributed by atoms with van der Waals surface area (Å²) in [7, 11) is 0. The number of rotatable bonds is 4. The summed E-state index contributed by atoms with van der Waals surface area (Å²) < 4.78 is 8.65. The van der Waals surface area contributed by atoms with Gasteiger partial charge in [0.15, 0.2) is 5.78 Å². The molecule has 50 heavy (non-hydrogen) atoms. The fourth-order valence-electron chi connectivity index (χ4n) is 7.90. The molecule has 3 aromatic heterocycles. The topological polar surface area (TPSA) is 132 Å². The van der Waals surface area contributed by atoms with Gasteiger partial charge in [0.1, 0.15) is 40.3 Å². The first-order valence-electron chi connectivity index (χ1n) is 17.9. The van der Waals surface area contributed by atoms with Gasteiger partial charge in [-0.3, -0.25) is 19.1 Å². The van der Waals surface area contributed by atoms with Crippen LogP contribution < -0.4 is 10.1 Å². The Kier molecular flexibility index (Phi) is 9.74. The number of pyridine rings is 1.